The van der Waals surface area contributed by atoms with E-state index < -0.39 is 0 Å². The van der Waals surface area contributed by atoms with Gasteiger partial charge in [0, 0.05) is 29.1 Å². The lowest BCUT2D eigenvalue weighted by molar-refractivity contribution is 0.377. The van der Waals surface area contributed by atoms with Crippen LogP contribution in [0, 0.1) is 5.82 Å². The van der Waals surface area contributed by atoms with Crippen molar-refractivity contribution in [2.75, 3.05) is 0 Å². The van der Waals surface area contributed by atoms with E-state index in [-0.39, 0.29) is 5.82 Å². The first-order valence-electron chi connectivity index (χ1n) is 9.74. The number of fused-ring (bicyclic) bond motifs is 3. The van der Waals surface area contributed by atoms with E-state index in [1.807, 2.05) is 18.2 Å². The van der Waals surface area contributed by atoms with E-state index in [9.17, 15) is 4.39 Å². The molecule has 7 heteroatoms. The third-order valence-electron chi connectivity index (χ3n) is 5.90. The molecule has 0 atom stereocenters. The SMILES string of the molecule is Fc1ccc([C@H]2CC[C@H](c3nnc4n3-c3ccc(Cl)cc3CNC4)CC2)nc1. The minimum Gasteiger partial charge on any atom is -0.306 e. The van der Waals surface area contributed by atoms with E-state index in [2.05, 4.69) is 31.1 Å². The van der Waals surface area contributed by atoms with Crippen molar-refractivity contribution in [2.45, 2.75) is 50.6 Å². The molecule has 0 spiro atoms. The summed E-state index contributed by atoms with van der Waals surface area (Å²) in [7, 11) is 0. The normalized spacial score (nSPS) is 21.6. The minimum absolute atomic E-state index is 0.282. The van der Waals surface area contributed by atoms with Crippen LogP contribution in [0.5, 0.6) is 0 Å². The predicted molar refractivity (Wildman–Crippen MR) is 105 cm³/mol. The average molecular weight is 398 g/mol. The first kappa shape index (κ1) is 17.8. The zero-order valence-corrected chi connectivity index (χ0v) is 16.2. The monoisotopic (exact) mass is 397 g/mol. The summed E-state index contributed by atoms with van der Waals surface area (Å²) in [5.41, 5.74) is 3.27. The summed E-state index contributed by atoms with van der Waals surface area (Å²) in [6.45, 7) is 1.45. The standard InChI is InChI=1S/C21H21ClFN5/c22-16-5-8-19-15(9-16)10-24-12-20-26-27-21(28(19)20)14-3-1-13(2-4-14)18-7-6-17(23)11-25-18/h5-9,11,13-14,24H,1-4,10,12H2/t13-,14-. The predicted octanol–water partition coefficient (Wildman–Crippen LogP) is 4.50. The summed E-state index contributed by atoms with van der Waals surface area (Å²) < 4.78 is 15.4. The van der Waals surface area contributed by atoms with Gasteiger partial charge in [-0.1, -0.05) is 11.6 Å². The molecule has 1 saturated carbocycles. The number of nitrogens with one attached hydrogen (secondary N) is 1. The maximum Gasteiger partial charge on any atom is 0.151 e. The molecule has 5 rings (SSSR count). The van der Waals surface area contributed by atoms with E-state index >= 15 is 0 Å². The van der Waals surface area contributed by atoms with Crippen LogP contribution in [0.1, 0.15) is 60.4 Å². The van der Waals surface area contributed by atoms with Gasteiger partial charge in [0.25, 0.3) is 0 Å². The molecule has 144 valence electrons. The highest BCUT2D eigenvalue weighted by molar-refractivity contribution is 6.30. The number of pyridine rings is 1. The van der Waals surface area contributed by atoms with E-state index in [4.69, 9.17) is 11.6 Å². The van der Waals surface area contributed by atoms with Gasteiger partial charge >= 0.3 is 0 Å². The molecule has 1 fully saturated rings. The summed E-state index contributed by atoms with van der Waals surface area (Å²) in [6.07, 6.45) is 5.42. The quantitative estimate of drug-likeness (QED) is 0.691. The van der Waals surface area contributed by atoms with Crippen molar-refractivity contribution >= 4 is 11.6 Å². The molecular weight excluding hydrogens is 377 g/mol. The number of rotatable bonds is 2. The molecule has 0 saturated heterocycles. The molecule has 0 radical (unpaired) electrons. The highest BCUT2D eigenvalue weighted by Crippen LogP contribution is 2.40. The molecule has 1 aliphatic carbocycles. The molecular formula is C21H21ClFN5. The molecule has 2 aromatic heterocycles. The van der Waals surface area contributed by atoms with E-state index in [0.717, 1.165) is 65.8 Å². The van der Waals surface area contributed by atoms with Crippen LogP contribution >= 0.6 is 11.6 Å². The molecule has 28 heavy (non-hydrogen) atoms. The lowest BCUT2D eigenvalue weighted by Gasteiger charge is -2.28. The van der Waals surface area contributed by atoms with Crippen LogP contribution in [0.25, 0.3) is 5.69 Å². The van der Waals surface area contributed by atoms with Gasteiger partial charge < -0.3 is 5.32 Å². The minimum atomic E-state index is -0.282. The first-order chi connectivity index (χ1) is 13.7. The Hall–Kier alpha value is -2.31. The van der Waals surface area contributed by atoms with Crippen LogP contribution < -0.4 is 5.32 Å². The number of hydrogen-bond acceptors (Lipinski definition) is 4. The summed E-state index contributed by atoms with van der Waals surface area (Å²) in [6, 6.07) is 9.32. The number of nitrogens with zero attached hydrogens (tertiary/aromatic N) is 4. The maximum absolute atomic E-state index is 13.1. The molecule has 0 amide bonds. The van der Waals surface area contributed by atoms with Crippen molar-refractivity contribution in [3.63, 3.8) is 0 Å². The molecule has 0 unspecified atom stereocenters. The Labute approximate surface area is 168 Å². The highest BCUT2D eigenvalue weighted by atomic mass is 35.5. The molecule has 3 aromatic rings. The first-order valence-corrected chi connectivity index (χ1v) is 10.1. The zero-order chi connectivity index (χ0) is 19.1. The number of halogens is 2. The largest absolute Gasteiger partial charge is 0.306 e. The third kappa shape index (κ3) is 3.20. The van der Waals surface area contributed by atoms with Gasteiger partial charge in [0.15, 0.2) is 5.82 Å². The molecule has 3 heterocycles. The lowest BCUT2D eigenvalue weighted by Crippen LogP contribution is -2.17. The maximum atomic E-state index is 13.1. The van der Waals surface area contributed by atoms with E-state index in [0.29, 0.717) is 18.4 Å². The molecule has 5 nitrogen and oxygen atoms in total. The lowest BCUT2D eigenvalue weighted by atomic mass is 9.80. The average Bonchev–Trinajstić information content (AvgIpc) is 3.04. The number of hydrogen-bond donors (Lipinski definition) is 1. The van der Waals surface area contributed by atoms with Crippen molar-refractivity contribution in [2.24, 2.45) is 0 Å². The second-order valence-electron chi connectivity index (χ2n) is 7.64. The number of aromatic nitrogens is 4. The van der Waals surface area contributed by atoms with E-state index in [1.54, 1.807) is 0 Å². The molecule has 1 aliphatic heterocycles. The zero-order valence-electron chi connectivity index (χ0n) is 15.4. The van der Waals surface area contributed by atoms with Crippen molar-refractivity contribution in [3.05, 3.63) is 70.3 Å². The van der Waals surface area contributed by atoms with Crippen molar-refractivity contribution < 1.29 is 4.39 Å². The van der Waals surface area contributed by atoms with Gasteiger partial charge in [-0.3, -0.25) is 9.55 Å². The topological polar surface area (TPSA) is 55.6 Å². The summed E-state index contributed by atoms with van der Waals surface area (Å²) >= 11 is 6.21. The van der Waals surface area contributed by atoms with Gasteiger partial charge in [-0.05, 0) is 61.6 Å². The van der Waals surface area contributed by atoms with Crippen molar-refractivity contribution in [1.29, 1.82) is 0 Å². The van der Waals surface area contributed by atoms with Crippen LogP contribution in [0.4, 0.5) is 4.39 Å². The van der Waals surface area contributed by atoms with Gasteiger partial charge in [-0.2, -0.15) is 0 Å². The van der Waals surface area contributed by atoms with Crippen LogP contribution in [0.3, 0.4) is 0 Å². The Morgan fingerprint density at radius 1 is 1.00 bits per heavy atom. The Bertz CT molecular complexity index is 993. The number of benzene rings is 1. The van der Waals surface area contributed by atoms with Gasteiger partial charge in [-0.25, -0.2) is 4.39 Å². The summed E-state index contributed by atoms with van der Waals surface area (Å²) in [5.74, 6) is 2.44. The van der Waals surface area contributed by atoms with Gasteiger partial charge in [0.05, 0.1) is 18.4 Å². The molecule has 0 bridgehead atoms. The van der Waals surface area contributed by atoms with Crippen LogP contribution in [0.2, 0.25) is 5.02 Å². The Morgan fingerprint density at radius 3 is 2.61 bits per heavy atom. The Morgan fingerprint density at radius 2 is 1.82 bits per heavy atom. The molecule has 2 aliphatic rings. The van der Waals surface area contributed by atoms with Crippen LogP contribution in [-0.4, -0.2) is 19.7 Å². The molecule has 1 N–H and O–H groups in total. The van der Waals surface area contributed by atoms with Gasteiger partial charge in [0.1, 0.15) is 11.6 Å². The summed E-state index contributed by atoms with van der Waals surface area (Å²) in [5, 5.41) is 13.2. The molecule has 1 aromatic carbocycles. The van der Waals surface area contributed by atoms with Crippen molar-refractivity contribution in [3.8, 4) is 5.69 Å². The third-order valence-corrected chi connectivity index (χ3v) is 6.13. The fraction of sp³-hybridized carbons (Fsp3) is 0.381. The smallest absolute Gasteiger partial charge is 0.151 e. The Balaban J connectivity index is 1.41. The van der Waals surface area contributed by atoms with Gasteiger partial charge in [0.2, 0.25) is 0 Å². The van der Waals surface area contributed by atoms with Crippen LogP contribution in [0.15, 0.2) is 36.5 Å². The van der Waals surface area contributed by atoms with E-state index in [1.165, 1.54) is 12.3 Å². The fourth-order valence-corrected chi connectivity index (χ4v) is 4.67. The van der Waals surface area contributed by atoms with Crippen LogP contribution in [-0.2, 0) is 13.1 Å². The highest BCUT2D eigenvalue weighted by Gasteiger charge is 2.30. The Kier molecular flexibility index (Phi) is 4.61. The fourth-order valence-electron chi connectivity index (χ4n) is 4.47. The second-order valence-corrected chi connectivity index (χ2v) is 8.07. The summed E-state index contributed by atoms with van der Waals surface area (Å²) in [4.78, 5) is 4.28. The second kappa shape index (κ2) is 7.26. The van der Waals surface area contributed by atoms with Crippen molar-refractivity contribution in [1.82, 2.24) is 25.1 Å². The van der Waals surface area contributed by atoms with Gasteiger partial charge in [-0.15, -0.1) is 10.2 Å².